The molecule has 0 atom stereocenters. The van der Waals surface area contributed by atoms with E-state index in [1.807, 2.05) is 0 Å². The van der Waals surface area contributed by atoms with Crippen molar-refractivity contribution >= 4 is 48.9 Å². The monoisotopic (exact) mass is 549 g/mol. The Hall–Kier alpha value is -3.12. The first-order valence-corrected chi connectivity index (χ1v) is 14.3. The van der Waals surface area contributed by atoms with Gasteiger partial charge in [0.05, 0.1) is 33.3 Å². The summed E-state index contributed by atoms with van der Waals surface area (Å²) in [5.74, 6) is -0.229. The van der Waals surface area contributed by atoms with Crippen LogP contribution in [-0.4, -0.2) is 47.2 Å². The Morgan fingerprint density at radius 2 is 1.53 bits per heavy atom. The quantitative estimate of drug-likeness (QED) is 0.434. The maximum absolute atomic E-state index is 12.9. The molecule has 4 rings (SSSR count). The Bertz CT molecular complexity index is 1490. The zero-order valence-electron chi connectivity index (χ0n) is 19.3. The molecule has 0 saturated carbocycles. The highest BCUT2D eigenvalue weighted by Crippen LogP contribution is 2.30. The van der Waals surface area contributed by atoms with Gasteiger partial charge in [0.2, 0.25) is 10.0 Å². The maximum Gasteiger partial charge on any atom is 0.262 e. The molecule has 1 aliphatic heterocycles. The Morgan fingerprint density at radius 3 is 2.19 bits per heavy atom. The number of ether oxygens (including phenoxy) is 1. The van der Waals surface area contributed by atoms with Crippen molar-refractivity contribution in [1.82, 2.24) is 4.31 Å². The molecule has 1 fully saturated rings. The second-order valence-electron chi connectivity index (χ2n) is 8.04. The van der Waals surface area contributed by atoms with Crippen molar-refractivity contribution in [2.24, 2.45) is 0 Å². The highest BCUT2D eigenvalue weighted by molar-refractivity contribution is 7.92. The van der Waals surface area contributed by atoms with E-state index in [4.69, 9.17) is 16.3 Å². The number of sulfonamides is 2. The largest absolute Gasteiger partial charge is 0.495 e. The van der Waals surface area contributed by atoms with Crippen molar-refractivity contribution in [3.8, 4) is 5.75 Å². The fourth-order valence-corrected chi connectivity index (χ4v) is 6.53. The fourth-order valence-electron chi connectivity index (χ4n) is 3.75. The molecule has 0 aliphatic carbocycles. The van der Waals surface area contributed by atoms with E-state index < -0.39 is 26.0 Å². The van der Waals surface area contributed by atoms with Crippen molar-refractivity contribution in [3.63, 3.8) is 0 Å². The van der Waals surface area contributed by atoms with Crippen LogP contribution in [-0.2, 0) is 20.0 Å². The summed E-state index contributed by atoms with van der Waals surface area (Å²) >= 11 is 6.21. The Balaban J connectivity index is 1.53. The molecule has 0 aromatic heterocycles. The first-order valence-electron chi connectivity index (χ1n) is 11.0. The smallest absolute Gasteiger partial charge is 0.262 e. The lowest BCUT2D eigenvalue weighted by Crippen LogP contribution is -2.27. The van der Waals surface area contributed by atoms with Gasteiger partial charge < -0.3 is 10.1 Å². The number of para-hydroxylation sites is 2. The lowest BCUT2D eigenvalue weighted by atomic mass is 10.2. The molecule has 190 valence electrons. The van der Waals surface area contributed by atoms with Crippen molar-refractivity contribution in [2.75, 3.05) is 30.2 Å². The number of benzene rings is 3. The molecule has 0 spiro atoms. The Labute approximate surface area is 215 Å². The molecular formula is C24H24ClN3O6S2. The predicted molar refractivity (Wildman–Crippen MR) is 138 cm³/mol. The number of nitrogens with one attached hydrogen (secondary N) is 2. The number of hydrogen-bond acceptors (Lipinski definition) is 6. The number of carbonyl (C=O) groups is 1. The number of nitrogens with zero attached hydrogens (tertiary/aromatic N) is 1. The fraction of sp³-hybridized carbons (Fsp3) is 0.208. The third-order valence-electron chi connectivity index (χ3n) is 5.67. The minimum Gasteiger partial charge on any atom is -0.495 e. The van der Waals surface area contributed by atoms with Crippen LogP contribution >= 0.6 is 11.6 Å². The summed E-state index contributed by atoms with van der Waals surface area (Å²) in [4.78, 5) is 12.8. The molecule has 1 saturated heterocycles. The molecule has 1 amide bonds. The molecule has 2 N–H and O–H groups in total. The molecule has 1 aliphatic rings. The van der Waals surface area contributed by atoms with Crippen LogP contribution in [0, 0.1) is 0 Å². The minimum absolute atomic E-state index is 0.0818. The lowest BCUT2D eigenvalue weighted by molar-refractivity contribution is 0.102. The maximum atomic E-state index is 12.9. The number of rotatable bonds is 8. The zero-order chi connectivity index (χ0) is 25.9. The molecule has 1 heterocycles. The van der Waals surface area contributed by atoms with E-state index in [0.29, 0.717) is 18.8 Å². The van der Waals surface area contributed by atoms with Gasteiger partial charge in [0.25, 0.3) is 15.9 Å². The summed E-state index contributed by atoms with van der Waals surface area (Å²) in [5, 5.41) is 2.72. The first-order chi connectivity index (χ1) is 17.1. The van der Waals surface area contributed by atoms with Gasteiger partial charge in [-0.1, -0.05) is 23.7 Å². The Morgan fingerprint density at radius 1 is 0.889 bits per heavy atom. The standard InChI is InChI=1S/C24H24ClN3O6S2/c1-34-23-7-3-2-6-21(23)27-35(30,31)19-12-13-20(25)22(16-19)26-24(29)17-8-10-18(11-9-17)36(32,33)28-14-4-5-15-28/h2-3,6-13,16,27H,4-5,14-15H2,1H3,(H,26,29). The van der Waals surface area contributed by atoms with Crippen LogP contribution in [0.2, 0.25) is 5.02 Å². The van der Waals surface area contributed by atoms with Gasteiger partial charge in [-0.25, -0.2) is 16.8 Å². The first kappa shape index (κ1) is 26.0. The van der Waals surface area contributed by atoms with Crippen molar-refractivity contribution < 1.29 is 26.4 Å². The summed E-state index contributed by atoms with van der Waals surface area (Å²) in [6.45, 7) is 0.961. The van der Waals surface area contributed by atoms with Crippen molar-refractivity contribution in [1.29, 1.82) is 0 Å². The predicted octanol–water partition coefficient (Wildman–Crippen LogP) is 4.19. The molecule has 3 aromatic rings. The van der Waals surface area contributed by atoms with Crippen molar-refractivity contribution in [3.05, 3.63) is 77.3 Å². The van der Waals surface area contributed by atoms with Gasteiger partial charge in [-0.05, 0) is 67.4 Å². The summed E-state index contributed by atoms with van der Waals surface area (Å²) in [5.41, 5.74) is 0.523. The van der Waals surface area contributed by atoms with Gasteiger partial charge in [-0.3, -0.25) is 9.52 Å². The van der Waals surface area contributed by atoms with E-state index in [2.05, 4.69) is 10.0 Å². The highest BCUT2D eigenvalue weighted by atomic mass is 35.5. The Kier molecular flexibility index (Phi) is 7.55. The van der Waals surface area contributed by atoms with Gasteiger partial charge >= 0.3 is 0 Å². The number of amides is 1. The molecule has 0 bridgehead atoms. The second-order valence-corrected chi connectivity index (χ2v) is 12.1. The number of hydrogen-bond donors (Lipinski definition) is 2. The molecular weight excluding hydrogens is 526 g/mol. The topological polar surface area (TPSA) is 122 Å². The third kappa shape index (κ3) is 5.49. The van der Waals surface area contributed by atoms with E-state index in [1.165, 1.54) is 53.9 Å². The number of anilines is 2. The van der Waals surface area contributed by atoms with E-state index >= 15 is 0 Å². The van der Waals surface area contributed by atoms with Gasteiger partial charge in [0.1, 0.15) is 5.75 Å². The van der Waals surface area contributed by atoms with Crippen LogP contribution in [0.15, 0.2) is 76.5 Å². The van der Waals surface area contributed by atoms with Crippen LogP contribution in [0.3, 0.4) is 0 Å². The van der Waals surface area contributed by atoms with E-state index in [0.717, 1.165) is 12.8 Å². The number of halogens is 1. The van der Waals surface area contributed by atoms with Crippen LogP contribution in [0.4, 0.5) is 11.4 Å². The average Bonchev–Trinajstić information content (AvgIpc) is 3.41. The highest BCUT2D eigenvalue weighted by Gasteiger charge is 2.27. The number of carbonyl (C=O) groups excluding carboxylic acids is 1. The van der Waals surface area contributed by atoms with Crippen LogP contribution in [0.5, 0.6) is 5.75 Å². The molecule has 3 aromatic carbocycles. The molecule has 0 unspecified atom stereocenters. The van der Waals surface area contributed by atoms with Crippen LogP contribution < -0.4 is 14.8 Å². The van der Waals surface area contributed by atoms with E-state index in [1.54, 1.807) is 24.3 Å². The minimum atomic E-state index is -4.03. The van der Waals surface area contributed by atoms with Crippen LogP contribution in [0.25, 0.3) is 0 Å². The van der Waals surface area contributed by atoms with Gasteiger partial charge in [-0.15, -0.1) is 0 Å². The van der Waals surface area contributed by atoms with Gasteiger partial charge in [-0.2, -0.15) is 4.31 Å². The van der Waals surface area contributed by atoms with E-state index in [-0.39, 0.29) is 31.8 Å². The SMILES string of the molecule is COc1ccccc1NS(=O)(=O)c1ccc(Cl)c(NC(=O)c2ccc(S(=O)(=O)N3CCCC3)cc2)c1. The second kappa shape index (κ2) is 10.5. The summed E-state index contributed by atoms with van der Waals surface area (Å²) in [6.07, 6.45) is 1.65. The normalized spacial score (nSPS) is 14.4. The molecule has 9 nitrogen and oxygen atoms in total. The van der Waals surface area contributed by atoms with Crippen LogP contribution in [0.1, 0.15) is 23.2 Å². The lowest BCUT2D eigenvalue weighted by Gasteiger charge is -2.16. The van der Waals surface area contributed by atoms with E-state index in [9.17, 15) is 21.6 Å². The van der Waals surface area contributed by atoms with Gasteiger partial charge in [0, 0.05) is 18.7 Å². The molecule has 0 radical (unpaired) electrons. The third-order valence-corrected chi connectivity index (χ3v) is 9.27. The zero-order valence-corrected chi connectivity index (χ0v) is 21.7. The summed E-state index contributed by atoms with van der Waals surface area (Å²) in [7, 11) is -6.20. The van der Waals surface area contributed by atoms with Crippen molar-refractivity contribution in [2.45, 2.75) is 22.6 Å². The van der Waals surface area contributed by atoms with Gasteiger partial charge in [0.15, 0.2) is 0 Å². The summed E-state index contributed by atoms with van der Waals surface area (Å²) in [6, 6.07) is 16.0. The average molecular weight is 550 g/mol. The molecule has 36 heavy (non-hydrogen) atoms. The summed E-state index contributed by atoms with van der Waals surface area (Å²) < 4.78 is 60.3. The molecule has 12 heteroatoms. The number of methoxy groups -OCH3 is 1.